The summed E-state index contributed by atoms with van der Waals surface area (Å²) in [5.74, 6) is 1.96. The maximum atomic E-state index is 6.27. The second-order valence-corrected chi connectivity index (χ2v) is 7.94. The normalized spacial score (nSPS) is 18.3. The summed E-state index contributed by atoms with van der Waals surface area (Å²) in [7, 11) is 3.59. The topological polar surface area (TPSA) is 55.3 Å². The molecule has 1 aromatic rings. The first-order valence-electron chi connectivity index (χ1n) is 11.1. The number of guanidine groups is 1. The highest BCUT2D eigenvalue weighted by Crippen LogP contribution is 2.26. The van der Waals surface area contributed by atoms with Crippen LogP contribution in [-0.4, -0.2) is 63.5 Å². The Morgan fingerprint density at radius 2 is 1.80 bits per heavy atom. The molecule has 0 bridgehead atoms. The molecule has 2 aliphatic rings. The van der Waals surface area contributed by atoms with E-state index in [1.54, 1.807) is 7.11 Å². The van der Waals surface area contributed by atoms with E-state index in [1.807, 2.05) is 7.05 Å². The zero-order valence-corrected chi connectivity index (χ0v) is 20.8. The molecule has 3 rings (SSSR count). The first-order chi connectivity index (χ1) is 14.3. The van der Waals surface area contributed by atoms with Crippen molar-refractivity contribution in [3.63, 3.8) is 0 Å². The number of likely N-dealkylation sites (tertiary alicyclic amines) is 1. The van der Waals surface area contributed by atoms with E-state index < -0.39 is 0 Å². The Kier molecular flexibility index (Phi) is 11.8. The number of benzene rings is 1. The van der Waals surface area contributed by atoms with E-state index >= 15 is 0 Å². The molecule has 1 aliphatic heterocycles. The smallest absolute Gasteiger partial charge is 0.193 e. The minimum absolute atomic E-state index is 0. The van der Waals surface area contributed by atoms with E-state index in [2.05, 4.69) is 39.5 Å². The molecule has 1 saturated carbocycles. The predicted molar refractivity (Wildman–Crippen MR) is 132 cm³/mol. The Labute approximate surface area is 198 Å². The summed E-state index contributed by atoms with van der Waals surface area (Å²) in [6.07, 6.45) is 8.66. The van der Waals surface area contributed by atoms with Crippen molar-refractivity contribution in [1.82, 2.24) is 10.2 Å². The van der Waals surface area contributed by atoms with Crippen molar-refractivity contribution in [2.75, 3.05) is 40.5 Å². The lowest BCUT2D eigenvalue weighted by Gasteiger charge is -2.34. The quantitative estimate of drug-likeness (QED) is 0.224. The number of para-hydroxylation sites is 1. The highest BCUT2D eigenvalue weighted by Gasteiger charge is 2.22. The minimum Gasteiger partial charge on any atom is -0.490 e. The lowest BCUT2D eigenvalue weighted by atomic mass is 10.1. The number of halogens is 1. The van der Waals surface area contributed by atoms with Crippen LogP contribution in [0.15, 0.2) is 29.3 Å². The van der Waals surface area contributed by atoms with Crippen LogP contribution in [0.2, 0.25) is 0 Å². The summed E-state index contributed by atoms with van der Waals surface area (Å²) in [5, 5.41) is 3.53. The van der Waals surface area contributed by atoms with Gasteiger partial charge in [0.1, 0.15) is 5.75 Å². The third kappa shape index (κ3) is 7.89. The van der Waals surface area contributed by atoms with E-state index in [1.165, 1.54) is 31.2 Å². The average Bonchev–Trinajstić information content (AvgIpc) is 3.27. The molecule has 7 heteroatoms. The summed E-state index contributed by atoms with van der Waals surface area (Å²) >= 11 is 0. The fraction of sp³-hybridized carbons (Fsp3) is 0.696. The van der Waals surface area contributed by atoms with Crippen molar-refractivity contribution in [3.05, 3.63) is 29.8 Å². The van der Waals surface area contributed by atoms with E-state index in [4.69, 9.17) is 14.2 Å². The molecule has 1 N–H and O–H groups in total. The molecule has 2 fully saturated rings. The lowest BCUT2D eigenvalue weighted by molar-refractivity contribution is 0.00989. The van der Waals surface area contributed by atoms with Gasteiger partial charge in [0.25, 0.3) is 0 Å². The van der Waals surface area contributed by atoms with Crippen LogP contribution in [0.4, 0.5) is 0 Å². The Bertz CT molecular complexity index is 630. The molecule has 1 aliphatic carbocycles. The van der Waals surface area contributed by atoms with Crippen LogP contribution in [0.5, 0.6) is 5.75 Å². The molecule has 1 aromatic carbocycles. The predicted octanol–water partition coefficient (Wildman–Crippen LogP) is 4.22. The molecule has 6 nitrogen and oxygen atoms in total. The lowest BCUT2D eigenvalue weighted by Crippen LogP contribution is -2.46. The second-order valence-electron chi connectivity index (χ2n) is 7.94. The monoisotopic (exact) mass is 531 g/mol. The van der Waals surface area contributed by atoms with Gasteiger partial charge < -0.3 is 24.4 Å². The van der Waals surface area contributed by atoms with Gasteiger partial charge in [0.2, 0.25) is 0 Å². The van der Waals surface area contributed by atoms with Crippen molar-refractivity contribution in [3.8, 4) is 5.75 Å². The van der Waals surface area contributed by atoms with Crippen molar-refractivity contribution in [2.45, 2.75) is 63.7 Å². The van der Waals surface area contributed by atoms with Gasteiger partial charge in [-0.3, -0.25) is 4.99 Å². The molecule has 1 saturated heterocycles. The number of nitrogens with one attached hydrogen (secondary N) is 1. The third-order valence-electron chi connectivity index (χ3n) is 5.81. The largest absolute Gasteiger partial charge is 0.490 e. The number of nitrogens with zero attached hydrogens (tertiary/aromatic N) is 2. The first-order valence-corrected chi connectivity index (χ1v) is 11.1. The molecule has 0 aromatic heterocycles. The summed E-state index contributed by atoms with van der Waals surface area (Å²) < 4.78 is 17.3. The van der Waals surface area contributed by atoms with Crippen LogP contribution in [0, 0.1) is 0 Å². The Morgan fingerprint density at radius 1 is 1.07 bits per heavy atom. The summed E-state index contributed by atoms with van der Waals surface area (Å²) in [6.45, 7) is 4.21. The SMILES string of the molecule is CN=C(NCc1ccccc1OC1CCCC1)N1CCC(OCCCOC)CC1.I. The van der Waals surface area contributed by atoms with Crippen LogP contribution in [0.3, 0.4) is 0 Å². The van der Waals surface area contributed by atoms with Gasteiger partial charge in [-0.05, 0) is 51.0 Å². The molecule has 0 atom stereocenters. The molecule has 0 spiro atoms. The molecule has 0 amide bonds. The molecule has 1 heterocycles. The Balaban J connectivity index is 0.00000320. The standard InChI is InChI=1S/C23H37N3O3.HI/c1-24-23(26-14-12-20(13-15-26)28-17-7-16-27-2)25-18-19-8-3-6-11-22(19)29-21-9-4-5-10-21;/h3,6,8,11,20-21H,4-5,7,9-10,12-18H2,1-2H3,(H,24,25);1H. The van der Waals surface area contributed by atoms with Crippen LogP contribution >= 0.6 is 24.0 Å². The number of rotatable bonds is 9. The van der Waals surface area contributed by atoms with Crippen molar-refractivity contribution >= 4 is 29.9 Å². The third-order valence-corrected chi connectivity index (χ3v) is 5.81. The Morgan fingerprint density at radius 3 is 2.50 bits per heavy atom. The van der Waals surface area contributed by atoms with Crippen LogP contribution < -0.4 is 10.1 Å². The number of hydrogen-bond donors (Lipinski definition) is 1. The molecule has 0 unspecified atom stereocenters. The summed E-state index contributed by atoms with van der Waals surface area (Å²) in [4.78, 5) is 6.83. The maximum Gasteiger partial charge on any atom is 0.193 e. The zero-order valence-electron chi connectivity index (χ0n) is 18.5. The van der Waals surface area contributed by atoms with Gasteiger partial charge in [0.15, 0.2) is 5.96 Å². The van der Waals surface area contributed by atoms with Gasteiger partial charge in [-0.1, -0.05) is 18.2 Å². The molecule has 30 heavy (non-hydrogen) atoms. The van der Waals surface area contributed by atoms with Crippen molar-refractivity contribution in [1.29, 1.82) is 0 Å². The van der Waals surface area contributed by atoms with Gasteiger partial charge in [-0.15, -0.1) is 24.0 Å². The van der Waals surface area contributed by atoms with Crippen LogP contribution in [0.25, 0.3) is 0 Å². The number of methoxy groups -OCH3 is 1. The van der Waals surface area contributed by atoms with E-state index in [0.717, 1.165) is 63.8 Å². The first kappa shape index (κ1) is 25.2. The number of ether oxygens (including phenoxy) is 3. The summed E-state index contributed by atoms with van der Waals surface area (Å²) in [5.41, 5.74) is 1.19. The summed E-state index contributed by atoms with van der Waals surface area (Å²) in [6, 6.07) is 8.36. The zero-order chi connectivity index (χ0) is 20.3. The van der Waals surface area contributed by atoms with Crippen LogP contribution in [0.1, 0.15) is 50.5 Å². The molecular formula is C23H38IN3O3. The molecule has 0 radical (unpaired) electrons. The van der Waals surface area contributed by atoms with Crippen molar-refractivity contribution in [2.24, 2.45) is 4.99 Å². The number of piperidine rings is 1. The van der Waals surface area contributed by atoms with Gasteiger partial charge in [0.05, 0.1) is 12.2 Å². The highest BCUT2D eigenvalue weighted by atomic mass is 127. The fourth-order valence-electron chi connectivity index (χ4n) is 4.14. The number of aliphatic imine (C=N–C) groups is 1. The highest BCUT2D eigenvalue weighted by molar-refractivity contribution is 14.0. The van der Waals surface area contributed by atoms with E-state index in [0.29, 0.717) is 12.2 Å². The van der Waals surface area contributed by atoms with Gasteiger partial charge in [-0.2, -0.15) is 0 Å². The maximum absolute atomic E-state index is 6.27. The molecule has 170 valence electrons. The number of hydrogen-bond acceptors (Lipinski definition) is 4. The average molecular weight is 531 g/mol. The van der Waals surface area contributed by atoms with E-state index in [9.17, 15) is 0 Å². The second kappa shape index (κ2) is 14.1. The van der Waals surface area contributed by atoms with Gasteiger partial charge >= 0.3 is 0 Å². The minimum atomic E-state index is 0. The van der Waals surface area contributed by atoms with Gasteiger partial charge in [-0.25, -0.2) is 0 Å². The molecular weight excluding hydrogens is 493 g/mol. The fourth-order valence-corrected chi connectivity index (χ4v) is 4.14. The van der Waals surface area contributed by atoms with Gasteiger partial charge in [0, 0.05) is 52.6 Å². The Hall–Kier alpha value is -1.06. The van der Waals surface area contributed by atoms with Crippen molar-refractivity contribution < 1.29 is 14.2 Å². The van der Waals surface area contributed by atoms with Crippen LogP contribution in [-0.2, 0) is 16.0 Å². The van der Waals surface area contributed by atoms with E-state index in [-0.39, 0.29) is 24.0 Å².